The van der Waals surface area contributed by atoms with Crippen molar-refractivity contribution in [2.75, 3.05) is 43.1 Å². The number of aromatic nitrogens is 1. The van der Waals surface area contributed by atoms with Crippen LogP contribution < -0.4 is 19.9 Å². The molecule has 0 atom stereocenters. The second-order valence-electron chi connectivity index (χ2n) is 6.86. The Morgan fingerprint density at radius 2 is 1.83 bits per heavy atom. The number of piperazine rings is 1. The molecule has 6 nitrogen and oxygen atoms in total. The van der Waals surface area contributed by atoms with Crippen molar-refractivity contribution in [1.82, 2.24) is 10.3 Å². The summed E-state index contributed by atoms with van der Waals surface area (Å²) in [4.78, 5) is 21.7. The molecular formula is C22H24N4O2S. The standard InChI is InChI=1S/C22H24N4O2S/c1-28-19-9-5-6-17(14-19)15-23-21(27)20-16-29-22(24-20)26-12-10-25(11-13-26)18-7-3-2-4-8-18/h2-9,14,16H,10-13,15H2,1H3,(H,23,27). The number of nitrogens with one attached hydrogen (secondary N) is 1. The number of nitrogens with zero attached hydrogens (tertiary/aromatic N) is 3. The predicted octanol–water partition coefficient (Wildman–Crippen LogP) is 3.41. The van der Waals surface area contributed by atoms with Gasteiger partial charge in [-0.15, -0.1) is 11.3 Å². The summed E-state index contributed by atoms with van der Waals surface area (Å²) in [6.07, 6.45) is 0. The van der Waals surface area contributed by atoms with E-state index in [1.54, 1.807) is 7.11 Å². The molecule has 1 aromatic heterocycles. The lowest BCUT2D eigenvalue weighted by atomic mass is 10.2. The quantitative estimate of drug-likeness (QED) is 0.677. The number of benzene rings is 2. The molecule has 0 bridgehead atoms. The molecule has 29 heavy (non-hydrogen) atoms. The van der Waals surface area contributed by atoms with Crippen molar-refractivity contribution in [3.05, 3.63) is 71.2 Å². The highest BCUT2D eigenvalue weighted by molar-refractivity contribution is 7.13. The van der Waals surface area contributed by atoms with E-state index in [9.17, 15) is 4.79 Å². The van der Waals surface area contributed by atoms with Crippen LogP contribution in [-0.2, 0) is 6.54 Å². The highest BCUT2D eigenvalue weighted by atomic mass is 32.1. The average Bonchev–Trinajstić information content (AvgIpc) is 3.29. The van der Waals surface area contributed by atoms with Crippen molar-refractivity contribution in [2.45, 2.75) is 6.54 Å². The molecule has 1 N–H and O–H groups in total. The highest BCUT2D eigenvalue weighted by Crippen LogP contribution is 2.24. The van der Waals surface area contributed by atoms with Crippen molar-refractivity contribution in [3.63, 3.8) is 0 Å². The van der Waals surface area contributed by atoms with Crippen LogP contribution in [0.1, 0.15) is 16.1 Å². The molecule has 1 aliphatic heterocycles. The molecule has 1 saturated heterocycles. The molecule has 7 heteroatoms. The number of hydrogen-bond acceptors (Lipinski definition) is 6. The van der Waals surface area contributed by atoms with Crippen LogP contribution in [0.4, 0.5) is 10.8 Å². The Bertz CT molecular complexity index is 952. The van der Waals surface area contributed by atoms with E-state index in [4.69, 9.17) is 4.74 Å². The minimum atomic E-state index is -0.154. The van der Waals surface area contributed by atoms with Crippen LogP contribution in [-0.4, -0.2) is 44.2 Å². The third-order valence-corrected chi connectivity index (χ3v) is 5.88. The lowest BCUT2D eigenvalue weighted by Gasteiger charge is -2.35. The van der Waals surface area contributed by atoms with Gasteiger partial charge in [0.15, 0.2) is 5.13 Å². The zero-order chi connectivity index (χ0) is 20.1. The molecule has 2 heterocycles. The Morgan fingerprint density at radius 3 is 2.59 bits per heavy atom. The number of carbonyl (C=O) groups excluding carboxylic acids is 1. The van der Waals surface area contributed by atoms with Gasteiger partial charge >= 0.3 is 0 Å². The maximum Gasteiger partial charge on any atom is 0.271 e. The van der Waals surface area contributed by atoms with Crippen molar-refractivity contribution in [1.29, 1.82) is 0 Å². The Labute approximate surface area is 174 Å². The van der Waals surface area contributed by atoms with Crippen LogP contribution in [0.15, 0.2) is 60.0 Å². The largest absolute Gasteiger partial charge is 0.497 e. The second kappa shape index (κ2) is 8.96. The van der Waals surface area contributed by atoms with E-state index >= 15 is 0 Å². The molecule has 4 rings (SSSR count). The van der Waals surface area contributed by atoms with E-state index in [1.165, 1.54) is 17.0 Å². The number of thiazole rings is 1. The van der Waals surface area contributed by atoms with Gasteiger partial charge in [0, 0.05) is 43.8 Å². The molecule has 3 aromatic rings. The molecule has 0 radical (unpaired) electrons. The van der Waals surface area contributed by atoms with Gasteiger partial charge in [0.25, 0.3) is 5.91 Å². The lowest BCUT2D eigenvalue weighted by molar-refractivity contribution is 0.0946. The first-order chi connectivity index (χ1) is 14.2. The fraction of sp³-hybridized carbons (Fsp3) is 0.273. The van der Waals surface area contributed by atoms with Crippen molar-refractivity contribution in [3.8, 4) is 5.75 Å². The maximum atomic E-state index is 12.5. The number of amides is 1. The van der Waals surface area contributed by atoms with Gasteiger partial charge in [-0.25, -0.2) is 4.98 Å². The van der Waals surface area contributed by atoms with Gasteiger partial charge in [0.05, 0.1) is 7.11 Å². The van der Waals surface area contributed by atoms with Crippen molar-refractivity contribution < 1.29 is 9.53 Å². The predicted molar refractivity (Wildman–Crippen MR) is 117 cm³/mol. The molecule has 0 saturated carbocycles. The first kappa shape index (κ1) is 19.3. The van der Waals surface area contributed by atoms with E-state index in [1.807, 2.05) is 35.7 Å². The summed E-state index contributed by atoms with van der Waals surface area (Å²) in [5, 5.41) is 5.67. The van der Waals surface area contributed by atoms with Gasteiger partial charge in [-0.05, 0) is 29.8 Å². The number of para-hydroxylation sites is 1. The van der Waals surface area contributed by atoms with E-state index in [0.29, 0.717) is 12.2 Å². The first-order valence-corrected chi connectivity index (χ1v) is 10.5. The number of carbonyl (C=O) groups is 1. The SMILES string of the molecule is COc1cccc(CNC(=O)c2csc(N3CCN(c4ccccc4)CC3)n2)c1. The molecule has 150 valence electrons. The van der Waals surface area contributed by atoms with E-state index < -0.39 is 0 Å². The Hall–Kier alpha value is -3.06. The minimum absolute atomic E-state index is 0.154. The summed E-state index contributed by atoms with van der Waals surface area (Å²) in [6.45, 7) is 4.13. The van der Waals surface area contributed by atoms with E-state index in [2.05, 4.69) is 44.4 Å². The number of rotatable bonds is 6. The Kier molecular flexibility index (Phi) is 5.95. The Morgan fingerprint density at radius 1 is 1.07 bits per heavy atom. The normalized spacial score (nSPS) is 14.0. The van der Waals surface area contributed by atoms with Crippen molar-refractivity contribution >= 4 is 28.1 Å². The molecular weight excluding hydrogens is 384 g/mol. The topological polar surface area (TPSA) is 57.7 Å². The number of anilines is 2. The molecule has 0 spiro atoms. The van der Waals surface area contributed by atoms with E-state index in [0.717, 1.165) is 42.6 Å². The van der Waals surface area contributed by atoms with Crippen LogP contribution >= 0.6 is 11.3 Å². The fourth-order valence-electron chi connectivity index (χ4n) is 3.36. The summed E-state index contributed by atoms with van der Waals surface area (Å²) in [5.41, 5.74) is 2.72. The molecule has 0 aliphatic carbocycles. The molecule has 1 aliphatic rings. The molecule has 1 amide bonds. The molecule has 1 fully saturated rings. The van der Waals surface area contributed by atoms with Gasteiger partial charge in [0.2, 0.25) is 0 Å². The number of hydrogen-bond donors (Lipinski definition) is 1. The van der Waals surface area contributed by atoms with Gasteiger partial charge in [-0.3, -0.25) is 4.79 Å². The second-order valence-corrected chi connectivity index (χ2v) is 7.70. The summed E-state index contributed by atoms with van der Waals surface area (Å²) in [7, 11) is 1.63. The van der Waals surface area contributed by atoms with E-state index in [-0.39, 0.29) is 5.91 Å². The van der Waals surface area contributed by atoms with Gasteiger partial charge in [0.1, 0.15) is 11.4 Å². The van der Waals surface area contributed by atoms with Crippen LogP contribution in [0, 0.1) is 0 Å². The van der Waals surface area contributed by atoms with Crippen LogP contribution in [0.2, 0.25) is 0 Å². The third kappa shape index (κ3) is 4.68. The van der Waals surface area contributed by atoms with Gasteiger partial charge in [-0.2, -0.15) is 0 Å². The number of ether oxygens (including phenoxy) is 1. The Balaban J connectivity index is 1.32. The average molecular weight is 409 g/mol. The summed E-state index contributed by atoms with van der Waals surface area (Å²) in [5.74, 6) is 0.626. The number of methoxy groups -OCH3 is 1. The highest BCUT2D eigenvalue weighted by Gasteiger charge is 2.21. The first-order valence-electron chi connectivity index (χ1n) is 9.64. The lowest BCUT2D eigenvalue weighted by Crippen LogP contribution is -2.46. The van der Waals surface area contributed by atoms with Gasteiger partial charge < -0.3 is 19.9 Å². The zero-order valence-corrected chi connectivity index (χ0v) is 17.2. The van der Waals surface area contributed by atoms with Crippen molar-refractivity contribution in [2.24, 2.45) is 0 Å². The smallest absolute Gasteiger partial charge is 0.271 e. The minimum Gasteiger partial charge on any atom is -0.497 e. The molecule has 2 aromatic carbocycles. The monoisotopic (exact) mass is 408 g/mol. The van der Waals surface area contributed by atoms with Crippen LogP contribution in [0.3, 0.4) is 0 Å². The summed E-state index contributed by atoms with van der Waals surface area (Å²) >= 11 is 1.52. The van der Waals surface area contributed by atoms with Gasteiger partial charge in [-0.1, -0.05) is 30.3 Å². The third-order valence-electron chi connectivity index (χ3n) is 4.98. The zero-order valence-electron chi connectivity index (χ0n) is 16.4. The summed E-state index contributed by atoms with van der Waals surface area (Å²) in [6, 6.07) is 18.1. The summed E-state index contributed by atoms with van der Waals surface area (Å²) < 4.78 is 5.22. The van der Waals surface area contributed by atoms with Crippen LogP contribution in [0.25, 0.3) is 0 Å². The maximum absolute atomic E-state index is 12.5. The molecule has 0 unspecified atom stereocenters. The fourth-order valence-corrected chi connectivity index (χ4v) is 4.22. The van der Waals surface area contributed by atoms with Crippen LogP contribution in [0.5, 0.6) is 5.75 Å².